The third kappa shape index (κ3) is 2.53. The molecule has 0 spiro atoms. The number of Topliss-reactive ketones (excluding diaryl/α,β-unsaturated/α-hetero) is 1. The summed E-state index contributed by atoms with van der Waals surface area (Å²) in [6.45, 7) is 1.24. The van der Waals surface area contributed by atoms with Crippen molar-refractivity contribution < 1.29 is 9.90 Å². The molecule has 0 atom stereocenters. The Morgan fingerprint density at radius 2 is 2.06 bits per heavy atom. The summed E-state index contributed by atoms with van der Waals surface area (Å²) in [5.41, 5.74) is 2.16. The van der Waals surface area contributed by atoms with E-state index in [1.54, 1.807) is 0 Å². The van der Waals surface area contributed by atoms with Gasteiger partial charge in [-0.1, -0.05) is 0 Å². The summed E-state index contributed by atoms with van der Waals surface area (Å²) in [7, 11) is 0. The van der Waals surface area contributed by atoms with Crippen LogP contribution in [-0.4, -0.2) is 22.1 Å². The molecule has 0 aromatic carbocycles. The van der Waals surface area contributed by atoms with Crippen LogP contribution in [0.2, 0.25) is 0 Å². The summed E-state index contributed by atoms with van der Waals surface area (Å²) in [6.07, 6.45) is 9.86. The number of unbranched alkanes of at least 4 members (excludes halogenated alkanes) is 2. The molecule has 2 rings (SSSR count). The molecule has 16 heavy (non-hydrogen) atoms. The minimum Gasteiger partial charge on any atom is -0.396 e. The zero-order chi connectivity index (χ0) is 11.4. The first-order valence-electron chi connectivity index (χ1n) is 6.14. The molecular formula is C13H19NO2. The van der Waals surface area contributed by atoms with Gasteiger partial charge in [0.25, 0.3) is 0 Å². The summed E-state index contributed by atoms with van der Waals surface area (Å²) in [6, 6.07) is 0. The normalized spacial score (nSPS) is 15.2. The molecule has 0 aliphatic heterocycles. The molecule has 3 nitrogen and oxygen atoms in total. The summed E-state index contributed by atoms with van der Waals surface area (Å²) < 4.78 is 2.13. The van der Waals surface area contributed by atoms with Crippen LogP contribution in [0.1, 0.15) is 48.0 Å². The van der Waals surface area contributed by atoms with Crippen LogP contribution in [0.15, 0.2) is 12.4 Å². The first-order chi connectivity index (χ1) is 7.81. The van der Waals surface area contributed by atoms with E-state index in [0.29, 0.717) is 12.2 Å². The molecule has 1 aromatic rings. The number of aromatic nitrogens is 1. The van der Waals surface area contributed by atoms with E-state index < -0.39 is 0 Å². The monoisotopic (exact) mass is 221 g/mol. The van der Waals surface area contributed by atoms with Crippen molar-refractivity contribution in [3.63, 3.8) is 0 Å². The number of aliphatic hydroxyl groups is 1. The second-order valence-electron chi connectivity index (χ2n) is 4.50. The number of aryl methyl sites for hydroxylation is 2. The molecule has 1 aliphatic carbocycles. The maximum absolute atomic E-state index is 11.6. The number of hydrogen-bond donors (Lipinski definition) is 1. The fraction of sp³-hybridized carbons (Fsp3) is 0.615. The van der Waals surface area contributed by atoms with Crippen LogP contribution in [0.4, 0.5) is 0 Å². The zero-order valence-corrected chi connectivity index (χ0v) is 9.61. The van der Waals surface area contributed by atoms with Gasteiger partial charge in [-0.3, -0.25) is 4.79 Å². The average Bonchev–Trinajstić information content (AvgIpc) is 2.69. The van der Waals surface area contributed by atoms with Crippen molar-refractivity contribution in [1.29, 1.82) is 0 Å². The van der Waals surface area contributed by atoms with Gasteiger partial charge in [0, 0.05) is 37.5 Å². The predicted molar refractivity (Wildman–Crippen MR) is 62.6 cm³/mol. The van der Waals surface area contributed by atoms with Crippen molar-refractivity contribution in [2.45, 2.75) is 45.1 Å². The van der Waals surface area contributed by atoms with Crippen molar-refractivity contribution in [1.82, 2.24) is 4.57 Å². The van der Waals surface area contributed by atoms with Crippen molar-refractivity contribution in [2.24, 2.45) is 0 Å². The molecule has 1 heterocycles. The van der Waals surface area contributed by atoms with Gasteiger partial charge in [-0.25, -0.2) is 0 Å². The van der Waals surface area contributed by atoms with E-state index >= 15 is 0 Å². The molecule has 0 amide bonds. The lowest BCUT2D eigenvalue weighted by molar-refractivity contribution is 0.0973. The molecule has 1 aromatic heterocycles. The van der Waals surface area contributed by atoms with Crippen LogP contribution >= 0.6 is 0 Å². The Morgan fingerprint density at radius 3 is 2.81 bits per heavy atom. The van der Waals surface area contributed by atoms with E-state index in [1.165, 1.54) is 5.56 Å². The van der Waals surface area contributed by atoms with Crippen LogP contribution in [0.25, 0.3) is 0 Å². The lowest BCUT2D eigenvalue weighted by Gasteiger charge is -2.07. The Bertz CT molecular complexity index is 368. The second-order valence-corrected chi connectivity index (χ2v) is 4.50. The van der Waals surface area contributed by atoms with Gasteiger partial charge in [-0.05, 0) is 37.7 Å². The number of nitrogens with zero attached hydrogens (tertiary/aromatic N) is 1. The summed E-state index contributed by atoms with van der Waals surface area (Å²) in [5, 5.41) is 8.68. The molecule has 88 valence electrons. The van der Waals surface area contributed by atoms with Crippen molar-refractivity contribution in [2.75, 3.05) is 6.61 Å². The first-order valence-corrected chi connectivity index (χ1v) is 6.14. The number of aliphatic hydroxyl groups excluding tert-OH is 1. The molecular weight excluding hydrogens is 202 g/mol. The van der Waals surface area contributed by atoms with E-state index in [-0.39, 0.29) is 6.61 Å². The van der Waals surface area contributed by atoms with Gasteiger partial charge >= 0.3 is 0 Å². The number of carbonyl (C=O) groups excluding carboxylic acids is 1. The largest absolute Gasteiger partial charge is 0.396 e. The van der Waals surface area contributed by atoms with Gasteiger partial charge in [-0.15, -0.1) is 0 Å². The molecule has 3 heteroatoms. The summed E-state index contributed by atoms with van der Waals surface area (Å²) >= 11 is 0. The highest BCUT2D eigenvalue weighted by molar-refractivity contribution is 5.98. The lowest BCUT2D eigenvalue weighted by Crippen LogP contribution is -2.07. The Morgan fingerprint density at radius 1 is 1.19 bits per heavy atom. The highest BCUT2D eigenvalue weighted by Crippen LogP contribution is 2.22. The van der Waals surface area contributed by atoms with Gasteiger partial charge < -0.3 is 9.67 Å². The fourth-order valence-corrected chi connectivity index (χ4v) is 2.29. The maximum Gasteiger partial charge on any atom is 0.164 e. The molecule has 1 N–H and O–H groups in total. The van der Waals surface area contributed by atoms with E-state index in [9.17, 15) is 4.79 Å². The minimum atomic E-state index is 0.278. The smallest absolute Gasteiger partial charge is 0.164 e. The zero-order valence-electron chi connectivity index (χ0n) is 9.61. The van der Waals surface area contributed by atoms with Gasteiger partial charge in [0.1, 0.15) is 0 Å². The van der Waals surface area contributed by atoms with Crippen LogP contribution in [0.5, 0.6) is 0 Å². The molecule has 0 unspecified atom stereocenters. The van der Waals surface area contributed by atoms with Crippen LogP contribution in [-0.2, 0) is 13.0 Å². The Hall–Kier alpha value is -1.09. The first kappa shape index (κ1) is 11.4. The maximum atomic E-state index is 11.6. The molecule has 0 saturated carbocycles. The van der Waals surface area contributed by atoms with Crippen LogP contribution in [0, 0.1) is 0 Å². The quantitative estimate of drug-likeness (QED) is 0.774. The standard InChI is InChI=1S/C13H19NO2/c15-8-3-1-2-7-14-9-11-5-4-6-13(16)12(11)10-14/h9-10,15H,1-8H2. The number of fused-ring (bicyclic) bond motifs is 1. The van der Waals surface area contributed by atoms with E-state index in [4.69, 9.17) is 5.11 Å². The van der Waals surface area contributed by atoms with Crippen molar-refractivity contribution in [3.8, 4) is 0 Å². The summed E-state index contributed by atoms with van der Waals surface area (Å²) in [4.78, 5) is 11.6. The molecule has 1 aliphatic rings. The number of rotatable bonds is 5. The van der Waals surface area contributed by atoms with Crippen molar-refractivity contribution >= 4 is 5.78 Å². The average molecular weight is 221 g/mol. The fourth-order valence-electron chi connectivity index (χ4n) is 2.29. The van der Waals surface area contributed by atoms with E-state index in [2.05, 4.69) is 10.8 Å². The Balaban J connectivity index is 1.93. The molecule has 0 saturated heterocycles. The summed E-state index contributed by atoms with van der Waals surface area (Å²) in [5.74, 6) is 0.301. The third-order valence-electron chi connectivity index (χ3n) is 3.19. The van der Waals surface area contributed by atoms with Crippen LogP contribution < -0.4 is 0 Å². The highest BCUT2D eigenvalue weighted by atomic mass is 16.2. The SMILES string of the molecule is O=C1CCCc2cn(CCCCCO)cc21. The molecule has 0 radical (unpaired) electrons. The Labute approximate surface area is 96.1 Å². The van der Waals surface area contributed by atoms with E-state index in [0.717, 1.165) is 44.2 Å². The second kappa shape index (κ2) is 5.30. The Kier molecular flexibility index (Phi) is 3.78. The van der Waals surface area contributed by atoms with Gasteiger partial charge in [0.2, 0.25) is 0 Å². The highest BCUT2D eigenvalue weighted by Gasteiger charge is 2.18. The van der Waals surface area contributed by atoms with Gasteiger partial charge in [0.05, 0.1) is 0 Å². The van der Waals surface area contributed by atoms with Gasteiger partial charge in [0.15, 0.2) is 5.78 Å². The minimum absolute atomic E-state index is 0.278. The molecule has 0 bridgehead atoms. The number of hydrogen-bond acceptors (Lipinski definition) is 2. The number of carbonyl (C=O) groups is 1. The van der Waals surface area contributed by atoms with Crippen LogP contribution in [0.3, 0.4) is 0 Å². The lowest BCUT2D eigenvalue weighted by atomic mass is 9.95. The predicted octanol–water partition coefficient (Wildman–Crippen LogP) is 2.17. The van der Waals surface area contributed by atoms with E-state index in [1.807, 2.05) is 6.20 Å². The van der Waals surface area contributed by atoms with Gasteiger partial charge in [-0.2, -0.15) is 0 Å². The topological polar surface area (TPSA) is 42.2 Å². The molecule has 0 fully saturated rings. The van der Waals surface area contributed by atoms with Crippen molar-refractivity contribution in [3.05, 3.63) is 23.5 Å². The number of ketones is 1. The third-order valence-corrected chi connectivity index (χ3v) is 3.19.